The summed E-state index contributed by atoms with van der Waals surface area (Å²) in [6.45, 7) is 7.84. The lowest BCUT2D eigenvalue weighted by molar-refractivity contribution is -0.134. The monoisotopic (exact) mass is 425 g/mol. The van der Waals surface area contributed by atoms with E-state index < -0.39 is 5.41 Å². The van der Waals surface area contributed by atoms with Gasteiger partial charge in [-0.25, -0.2) is 14.4 Å². The summed E-state index contributed by atoms with van der Waals surface area (Å²) in [7, 11) is 0. The number of anilines is 2. The third-order valence-electron chi connectivity index (χ3n) is 6.59. The summed E-state index contributed by atoms with van der Waals surface area (Å²) < 4.78 is 18.8. The number of aromatic nitrogens is 2. The number of aryl methyl sites for hydroxylation is 1. The van der Waals surface area contributed by atoms with Gasteiger partial charge >= 0.3 is 0 Å². The Hall–Kier alpha value is -2.74. The standard InChI is InChI=1S/C23H28FN5O2/c1-17-25-20(16-21(26-17)28-12-14-31-15-13-28)27-8-10-29(11-9-27)22(30)23(6-7-23)18-2-4-19(24)5-3-18/h2-5,16H,6-15H2,1H3. The minimum absolute atomic E-state index is 0.173. The Morgan fingerprint density at radius 2 is 1.52 bits per heavy atom. The Kier molecular flexibility index (Phi) is 5.25. The van der Waals surface area contributed by atoms with Crippen LogP contribution in [0.1, 0.15) is 24.2 Å². The van der Waals surface area contributed by atoms with Crippen molar-refractivity contribution >= 4 is 17.5 Å². The highest BCUT2D eigenvalue weighted by Crippen LogP contribution is 2.49. The summed E-state index contributed by atoms with van der Waals surface area (Å²) in [4.78, 5) is 29.0. The minimum Gasteiger partial charge on any atom is -0.378 e. The predicted molar refractivity (Wildman–Crippen MR) is 116 cm³/mol. The van der Waals surface area contributed by atoms with Gasteiger partial charge in [0, 0.05) is 45.3 Å². The third-order valence-corrected chi connectivity index (χ3v) is 6.59. The molecule has 1 amide bonds. The normalized spacial score (nSPS) is 20.6. The molecule has 2 aromatic rings. The molecular formula is C23H28FN5O2. The molecule has 31 heavy (non-hydrogen) atoms. The van der Waals surface area contributed by atoms with E-state index in [0.717, 1.165) is 75.3 Å². The number of amides is 1. The quantitative estimate of drug-likeness (QED) is 0.748. The second-order valence-electron chi connectivity index (χ2n) is 8.60. The number of piperazine rings is 1. The summed E-state index contributed by atoms with van der Waals surface area (Å²) in [5.41, 5.74) is 0.480. The largest absolute Gasteiger partial charge is 0.378 e. The molecule has 164 valence electrons. The zero-order chi connectivity index (χ0) is 21.4. The van der Waals surface area contributed by atoms with E-state index in [0.29, 0.717) is 13.1 Å². The van der Waals surface area contributed by atoms with Crippen molar-refractivity contribution in [2.75, 3.05) is 62.3 Å². The molecule has 3 aliphatic rings. The van der Waals surface area contributed by atoms with Gasteiger partial charge in [0.05, 0.1) is 18.6 Å². The van der Waals surface area contributed by atoms with Gasteiger partial charge in [0.2, 0.25) is 5.91 Å². The Bertz CT molecular complexity index is 949. The highest BCUT2D eigenvalue weighted by molar-refractivity contribution is 5.91. The molecule has 1 aromatic carbocycles. The van der Waals surface area contributed by atoms with E-state index in [2.05, 4.69) is 25.8 Å². The first kappa shape index (κ1) is 20.2. The predicted octanol–water partition coefficient (Wildman–Crippen LogP) is 2.14. The maximum atomic E-state index is 13.3. The average Bonchev–Trinajstić information content (AvgIpc) is 3.61. The van der Waals surface area contributed by atoms with Gasteiger partial charge in [0.15, 0.2) is 0 Å². The van der Waals surface area contributed by atoms with E-state index in [1.807, 2.05) is 11.8 Å². The molecule has 0 spiro atoms. The van der Waals surface area contributed by atoms with Crippen molar-refractivity contribution in [1.82, 2.24) is 14.9 Å². The molecule has 0 radical (unpaired) electrons. The van der Waals surface area contributed by atoms with Crippen LogP contribution >= 0.6 is 0 Å². The molecule has 7 nitrogen and oxygen atoms in total. The number of halogens is 1. The van der Waals surface area contributed by atoms with Crippen LogP contribution in [0.15, 0.2) is 30.3 Å². The molecule has 0 unspecified atom stereocenters. The van der Waals surface area contributed by atoms with Gasteiger partial charge in [-0.2, -0.15) is 0 Å². The van der Waals surface area contributed by atoms with Crippen molar-refractivity contribution in [3.8, 4) is 0 Å². The maximum Gasteiger partial charge on any atom is 0.233 e. The van der Waals surface area contributed by atoms with Crippen LogP contribution in [0, 0.1) is 12.7 Å². The van der Waals surface area contributed by atoms with E-state index in [1.165, 1.54) is 12.1 Å². The highest BCUT2D eigenvalue weighted by atomic mass is 19.1. The molecule has 0 bridgehead atoms. The summed E-state index contributed by atoms with van der Waals surface area (Å²) in [5, 5.41) is 0. The fraction of sp³-hybridized carbons (Fsp3) is 0.522. The van der Waals surface area contributed by atoms with Crippen LogP contribution in [0.5, 0.6) is 0 Å². The molecule has 1 aromatic heterocycles. The van der Waals surface area contributed by atoms with Crippen molar-refractivity contribution in [3.05, 3.63) is 47.5 Å². The maximum absolute atomic E-state index is 13.3. The summed E-state index contributed by atoms with van der Waals surface area (Å²) >= 11 is 0. The topological polar surface area (TPSA) is 61.8 Å². The van der Waals surface area contributed by atoms with Crippen LogP contribution in [-0.2, 0) is 14.9 Å². The molecule has 0 N–H and O–H groups in total. The Balaban J connectivity index is 1.26. The lowest BCUT2D eigenvalue weighted by Crippen LogP contribution is -2.52. The summed E-state index contributed by atoms with van der Waals surface area (Å²) in [5.74, 6) is 2.52. The second kappa shape index (κ2) is 8.07. The van der Waals surface area contributed by atoms with Crippen LogP contribution in [0.3, 0.4) is 0 Å². The van der Waals surface area contributed by atoms with Gasteiger partial charge in [0.1, 0.15) is 23.3 Å². The fourth-order valence-electron chi connectivity index (χ4n) is 4.61. The van der Waals surface area contributed by atoms with Gasteiger partial charge in [-0.1, -0.05) is 12.1 Å². The molecule has 5 rings (SSSR count). The van der Waals surface area contributed by atoms with Gasteiger partial charge in [-0.15, -0.1) is 0 Å². The number of ether oxygens (including phenoxy) is 1. The van der Waals surface area contributed by atoms with Crippen LogP contribution < -0.4 is 9.80 Å². The molecule has 8 heteroatoms. The molecule has 2 saturated heterocycles. The van der Waals surface area contributed by atoms with Gasteiger partial charge in [-0.3, -0.25) is 4.79 Å². The van der Waals surface area contributed by atoms with Crippen LogP contribution in [0.2, 0.25) is 0 Å². The van der Waals surface area contributed by atoms with E-state index in [1.54, 1.807) is 12.1 Å². The number of carbonyl (C=O) groups excluding carboxylic acids is 1. The summed E-state index contributed by atoms with van der Waals surface area (Å²) in [6, 6.07) is 8.46. The number of nitrogens with zero attached hydrogens (tertiary/aromatic N) is 5. The number of hydrogen-bond acceptors (Lipinski definition) is 6. The molecule has 1 aliphatic carbocycles. The van der Waals surface area contributed by atoms with E-state index >= 15 is 0 Å². The third kappa shape index (κ3) is 3.96. The second-order valence-corrected chi connectivity index (χ2v) is 8.60. The highest BCUT2D eigenvalue weighted by Gasteiger charge is 2.53. The van der Waals surface area contributed by atoms with Crippen LogP contribution in [0.25, 0.3) is 0 Å². The van der Waals surface area contributed by atoms with Crippen molar-refractivity contribution in [1.29, 1.82) is 0 Å². The first-order chi connectivity index (χ1) is 15.0. The minimum atomic E-state index is -0.453. The molecule has 3 heterocycles. The number of morpholine rings is 1. The first-order valence-corrected chi connectivity index (χ1v) is 11.0. The van der Waals surface area contributed by atoms with Crippen molar-refractivity contribution < 1.29 is 13.9 Å². The van der Waals surface area contributed by atoms with Gasteiger partial charge in [0.25, 0.3) is 0 Å². The van der Waals surface area contributed by atoms with E-state index in [4.69, 9.17) is 4.74 Å². The Morgan fingerprint density at radius 3 is 2.10 bits per heavy atom. The average molecular weight is 426 g/mol. The van der Waals surface area contributed by atoms with Crippen molar-refractivity contribution in [2.45, 2.75) is 25.2 Å². The zero-order valence-electron chi connectivity index (χ0n) is 17.9. The van der Waals surface area contributed by atoms with E-state index in [9.17, 15) is 9.18 Å². The summed E-state index contributed by atoms with van der Waals surface area (Å²) in [6.07, 6.45) is 1.68. The van der Waals surface area contributed by atoms with Crippen LogP contribution in [0.4, 0.5) is 16.0 Å². The molecule has 1 saturated carbocycles. The molecule has 0 atom stereocenters. The lowest BCUT2D eigenvalue weighted by Gasteiger charge is -2.37. The number of benzene rings is 1. The van der Waals surface area contributed by atoms with E-state index in [-0.39, 0.29) is 11.7 Å². The van der Waals surface area contributed by atoms with Crippen molar-refractivity contribution in [2.24, 2.45) is 0 Å². The van der Waals surface area contributed by atoms with Crippen LogP contribution in [-0.4, -0.2) is 73.3 Å². The number of carbonyl (C=O) groups is 1. The zero-order valence-corrected chi connectivity index (χ0v) is 17.9. The number of hydrogen-bond donors (Lipinski definition) is 0. The first-order valence-electron chi connectivity index (χ1n) is 11.0. The Labute approximate surface area is 181 Å². The van der Waals surface area contributed by atoms with Crippen molar-refractivity contribution in [3.63, 3.8) is 0 Å². The SMILES string of the molecule is Cc1nc(N2CCOCC2)cc(N2CCN(C(=O)C3(c4ccc(F)cc4)CC3)CC2)n1. The Morgan fingerprint density at radius 1 is 0.935 bits per heavy atom. The number of rotatable bonds is 4. The lowest BCUT2D eigenvalue weighted by atomic mass is 9.94. The molecular weight excluding hydrogens is 397 g/mol. The van der Waals surface area contributed by atoms with Gasteiger partial charge < -0.3 is 19.4 Å². The molecule has 3 fully saturated rings. The fourth-order valence-corrected chi connectivity index (χ4v) is 4.61. The smallest absolute Gasteiger partial charge is 0.233 e. The van der Waals surface area contributed by atoms with Gasteiger partial charge in [-0.05, 0) is 37.5 Å². The molecule has 2 aliphatic heterocycles.